The van der Waals surface area contributed by atoms with Gasteiger partial charge in [-0.2, -0.15) is 0 Å². The molecule has 60 heavy (non-hydrogen) atoms. The zero-order valence-electron chi connectivity index (χ0n) is 30.9. The average molecular weight is 936 g/mol. The van der Waals surface area contributed by atoms with Gasteiger partial charge >= 0.3 is 0 Å². The molecule has 7 N–H and O–H groups in total. The van der Waals surface area contributed by atoms with Crippen LogP contribution in [0.5, 0.6) is 0 Å². The number of carbonyl (C=O) groups excluding carboxylic acids is 5. The molecular formula is C27H36N7O22P3S-6. The molecule has 33 heteroatoms. The van der Waals surface area contributed by atoms with Crippen molar-refractivity contribution in [2.45, 2.75) is 69.4 Å². The Labute approximate surface area is 341 Å². The number of amides is 2. The number of thioether (sulfide) groups is 1. The van der Waals surface area contributed by atoms with Crippen molar-refractivity contribution in [2.75, 3.05) is 37.8 Å². The summed E-state index contributed by atoms with van der Waals surface area (Å²) in [4.78, 5) is 118. The lowest BCUT2D eigenvalue weighted by atomic mass is 9.87. The number of nitrogens with one attached hydrogen (secondary N) is 2. The van der Waals surface area contributed by atoms with Gasteiger partial charge in [-0.1, -0.05) is 25.6 Å². The van der Waals surface area contributed by atoms with Crippen molar-refractivity contribution in [1.29, 1.82) is 0 Å². The van der Waals surface area contributed by atoms with E-state index < -0.39 is 120 Å². The van der Waals surface area contributed by atoms with Crippen LogP contribution in [0.15, 0.2) is 12.7 Å². The number of nitrogens with two attached hydrogens (primary N) is 1. The molecule has 0 spiro atoms. The second-order valence-corrected chi connectivity index (χ2v) is 18.5. The fourth-order valence-corrected chi connectivity index (χ4v) is 8.52. The van der Waals surface area contributed by atoms with Gasteiger partial charge in [-0.3, -0.25) is 28.1 Å². The van der Waals surface area contributed by atoms with Crippen LogP contribution >= 0.6 is 35.2 Å². The van der Waals surface area contributed by atoms with E-state index in [4.69, 9.17) is 10.5 Å². The number of fused-ring (bicyclic) bond motifs is 1. The van der Waals surface area contributed by atoms with E-state index in [1.165, 1.54) is 0 Å². The third-order valence-electron chi connectivity index (χ3n) is 7.99. The molecule has 2 amide bonds. The first-order valence-electron chi connectivity index (χ1n) is 16.7. The number of phosphoric ester groups is 3. The predicted molar refractivity (Wildman–Crippen MR) is 182 cm³/mol. The number of imidazole rings is 1. The molecule has 8 atom stereocenters. The third kappa shape index (κ3) is 14.8. The van der Waals surface area contributed by atoms with Gasteiger partial charge in [0.05, 0.1) is 39.8 Å². The van der Waals surface area contributed by atoms with E-state index in [1.54, 1.807) is 0 Å². The number of ether oxygens (including phenoxy) is 1. The molecule has 1 fully saturated rings. The van der Waals surface area contributed by atoms with Gasteiger partial charge in [-0.25, -0.2) is 19.3 Å². The van der Waals surface area contributed by atoms with Crippen LogP contribution in [0.2, 0.25) is 0 Å². The minimum Gasteiger partial charge on any atom is -0.790 e. The fraction of sp³-hybridized carbons (Fsp3) is 0.630. The fourth-order valence-electron chi connectivity index (χ4n) is 5.01. The van der Waals surface area contributed by atoms with Gasteiger partial charge in [0, 0.05) is 43.1 Å². The summed E-state index contributed by atoms with van der Waals surface area (Å²) in [5.74, 6) is -6.19. The maximum atomic E-state index is 12.5. The van der Waals surface area contributed by atoms with Gasteiger partial charge < -0.3 is 93.9 Å². The molecule has 3 heterocycles. The number of aromatic nitrogens is 4. The molecule has 29 nitrogen and oxygen atoms in total. The number of rotatable bonds is 24. The smallest absolute Gasteiger partial charge is 0.274 e. The largest absolute Gasteiger partial charge is 0.790 e. The van der Waals surface area contributed by atoms with Crippen LogP contribution < -0.4 is 46.2 Å². The van der Waals surface area contributed by atoms with Crippen molar-refractivity contribution < 1.29 is 105 Å². The van der Waals surface area contributed by atoms with Crippen molar-refractivity contribution >= 4 is 81.1 Å². The summed E-state index contributed by atoms with van der Waals surface area (Å²) in [6.07, 6.45) is -10.6. The maximum Gasteiger partial charge on any atom is 0.274 e. The van der Waals surface area contributed by atoms with Gasteiger partial charge in [0.15, 0.2) is 22.8 Å². The highest BCUT2D eigenvalue weighted by Gasteiger charge is 2.47. The summed E-state index contributed by atoms with van der Waals surface area (Å²) in [5.41, 5.74) is 0.900. The van der Waals surface area contributed by atoms with Crippen LogP contribution in [0.25, 0.3) is 11.2 Å². The molecule has 0 aliphatic carbocycles. The molecule has 2 aromatic rings. The van der Waals surface area contributed by atoms with E-state index in [2.05, 4.69) is 43.5 Å². The van der Waals surface area contributed by atoms with E-state index >= 15 is 0 Å². The van der Waals surface area contributed by atoms with Crippen LogP contribution in [-0.4, -0.2) is 126 Å². The first-order valence-corrected chi connectivity index (χ1v) is 22.0. The molecule has 0 saturated carbocycles. The molecule has 0 radical (unpaired) electrons. The number of phosphoric acid groups is 3. The van der Waals surface area contributed by atoms with Crippen LogP contribution in [0, 0.1) is 5.41 Å². The van der Waals surface area contributed by atoms with Crippen molar-refractivity contribution in [3.8, 4) is 0 Å². The molecule has 3 rings (SSSR count). The van der Waals surface area contributed by atoms with Crippen molar-refractivity contribution in [3.05, 3.63) is 12.7 Å². The van der Waals surface area contributed by atoms with E-state index in [9.17, 15) is 82.8 Å². The highest BCUT2D eigenvalue weighted by atomic mass is 32.2. The van der Waals surface area contributed by atoms with E-state index in [1.807, 2.05) is 0 Å². The normalized spacial score (nSPS) is 21.9. The minimum atomic E-state index is -5.97. The number of nitrogens with zero attached hydrogens (tertiary/aromatic N) is 4. The van der Waals surface area contributed by atoms with Crippen LogP contribution in [0.1, 0.15) is 39.3 Å². The maximum absolute atomic E-state index is 12.5. The monoisotopic (exact) mass is 935 g/mol. The number of hydrogen-bond acceptors (Lipinski definition) is 27. The molecule has 1 saturated heterocycles. The Morgan fingerprint density at radius 3 is 2.28 bits per heavy atom. The first kappa shape index (κ1) is 50.8. The molecular weight excluding hydrogens is 899 g/mol. The summed E-state index contributed by atoms with van der Waals surface area (Å²) >= 11 is 0.465. The Morgan fingerprint density at radius 1 is 1.02 bits per heavy atom. The number of aliphatic carboxylic acids is 2. The van der Waals surface area contributed by atoms with Gasteiger partial charge in [-0.15, -0.1) is 0 Å². The number of carboxylic acid groups (broad SMARTS) is 2. The van der Waals surface area contributed by atoms with Gasteiger partial charge in [0.25, 0.3) is 15.6 Å². The van der Waals surface area contributed by atoms with E-state index in [-0.39, 0.29) is 42.2 Å². The van der Waals surface area contributed by atoms with Crippen molar-refractivity contribution in [2.24, 2.45) is 5.41 Å². The lowest BCUT2D eigenvalue weighted by Crippen LogP contribution is -2.52. The molecule has 0 aromatic carbocycles. The Balaban J connectivity index is 1.46. The Hall–Kier alpha value is -3.54. The highest BCUT2D eigenvalue weighted by Crippen LogP contribution is 2.56. The molecule has 338 valence electrons. The topological polar surface area (TPSA) is 475 Å². The zero-order chi connectivity index (χ0) is 45.4. The molecule has 8 unspecified atom stereocenters. The number of anilines is 1. The summed E-state index contributed by atoms with van der Waals surface area (Å²) in [5, 5.41) is 56.4. The zero-order valence-corrected chi connectivity index (χ0v) is 34.4. The third-order valence-corrected chi connectivity index (χ3v) is 11.9. The SMILES string of the molecule is CC(C)(COP(=O)([O-])OP(=O)([O-])OCC1OC(n2cnc3c(N)ncnc32)C(O)C1OP(=O)([O-])[O-])C(O)C(=O)NCCC(=O)NCCSC(=O)CC(O)(CC(=O)[O-])C(=O)[O-]. The van der Waals surface area contributed by atoms with Crippen LogP contribution in [0.3, 0.4) is 0 Å². The molecule has 1 aliphatic rings. The minimum absolute atomic E-state index is 0.0149. The lowest BCUT2D eigenvalue weighted by Gasteiger charge is -2.36. The Kier molecular flexibility index (Phi) is 17.4. The van der Waals surface area contributed by atoms with Gasteiger partial charge in [0.1, 0.15) is 41.9 Å². The number of carboxylic acids is 2. The first-order chi connectivity index (χ1) is 27.6. The quantitative estimate of drug-likeness (QED) is 0.0420. The molecule has 0 bridgehead atoms. The number of aliphatic hydroxyl groups is 3. The summed E-state index contributed by atoms with van der Waals surface area (Å²) in [7, 11) is -17.8. The average Bonchev–Trinajstić information content (AvgIpc) is 3.67. The number of hydrogen-bond donors (Lipinski definition) is 6. The van der Waals surface area contributed by atoms with Crippen molar-refractivity contribution in [3.63, 3.8) is 0 Å². The second-order valence-electron chi connectivity index (χ2n) is 13.2. The predicted octanol–water partition coefficient (Wildman–Crippen LogP) is -7.85. The lowest BCUT2D eigenvalue weighted by molar-refractivity contribution is -0.347. The second kappa shape index (κ2) is 20.6. The van der Waals surface area contributed by atoms with Crippen molar-refractivity contribution in [1.82, 2.24) is 30.2 Å². The Morgan fingerprint density at radius 2 is 1.67 bits per heavy atom. The highest BCUT2D eigenvalue weighted by molar-refractivity contribution is 8.13. The summed E-state index contributed by atoms with van der Waals surface area (Å²) in [6, 6.07) is 0. The Bertz CT molecular complexity index is 2050. The van der Waals surface area contributed by atoms with Gasteiger partial charge in [-0.05, 0) is 0 Å². The van der Waals surface area contributed by atoms with Gasteiger partial charge in [0.2, 0.25) is 11.8 Å². The number of aliphatic hydroxyl groups excluding tert-OH is 2. The number of carbonyl (C=O) groups is 5. The summed E-state index contributed by atoms with van der Waals surface area (Å²) < 4.78 is 60.3. The molecule has 2 aromatic heterocycles. The van der Waals surface area contributed by atoms with Crippen LogP contribution in [0.4, 0.5) is 5.82 Å². The van der Waals surface area contributed by atoms with Crippen LogP contribution in [-0.2, 0) is 60.3 Å². The van der Waals surface area contributed by atoms with E-state index in [0.29, 0.717) is 11.8 Å². The van der Waals surface area contributed by atoms with E-state index in [0.717, 1.165) is 31.1 Å². The molecule has 1 aliphatic heterocycles. The number of nitrogen functional groups attached to an aromatic ring is 1. The summed E-state index contributed by atoms with van der Waals surface area (Å²) in [6.45, 7) is -0.709. The standard InChI is InChI=1S/C27H42N7O22P3S/c1-26(2,20(40)23(41)30-4-3-14(35)29-5-6-60-16(38)8-27(44,25(42)43)7-15(36)37)10-53-59(50,51)56-58(48,49)52-9-13-19(55-57(45,46)47)18(39)24(54-13)34-12-33-17-21(28)31-11-32-22(17)34/h11-13,18-20,24,39-40,44H,3-10H2,1-2H3,(H,29,35)(H,30,41)(H,36,37)(H,42,43)(H,48,49)(H,50,51)(H2,28,31,32)(H2,45,46,47)/p-6.